The summed E-state index contributed by atoms with van der Waals surface area (Å²) in [5.74, 6) is -0.472. The molecule has 6 heteroatoms. The summed E-state index contributed by atoms with van der Waals surface area (Å²) in [5, 5.41) is 5.82. The van der Waals surface area contributed by atoms with Gasteiger partial charge in [-0.25, -0.2) is 0 Å². The predicted octanol–water partition coefficient (Wildman–Crippen LogP) is 4.34. The van der Waals surface area contributed by atoms with Crippen molar-refractivity contribution in [3.8, 4) is 0 Å². The first-order valence-electron chi connectivity index (χ1n) is 8.21. The molecule has 0 radical (unpaired) electrons. The quantitative estimate of drug-likeness (QED) is 0.785. The molecule has 2 amide bonds. The zero-order chi connectivity index (χ0) is 18.6. The van der Waals surface area contributed by atoms with Crippen molar-refractivity contribution in [2.75, 3.05) is 0 Å². The van der Waals surface area contributed by atoms with E-state index in [1.807, 2.05) is 58.0 Å². The number of carbonyl (C=O) groups excluding carboxylic acids is 2. The van der Waals surface area contributed by atoms with Crippen molar-refractivity contribution in [1.29, 1.82) is 0 Å². The fraction of sp³-hybridized carbons (Fsp3) is 0.368. The van der Waals surface area contributed by atoms with Gasteiger partial charge >= 0.3 is 0 Å². The molecule has 1 aromatic carbocycles. The van der Waals surface area contributed by atoms with E-state index in [0.29, 0.717) is 9.90 Å². The fourth-order valence-corrected chi connectivity index (χ4v) is 3.58. The molecule has 0 fully saturated rings. The van der Waals surface area contributed by atoms with E-state index in [-0.39, 0.29) is 23.8 Å². The second-order valence-electron chi connectivity index (χ2n) is 6.38. The zero-order valence-corrected chi connectivity index (χ0v) is 16.4. The van der Waals surface area contributed by atoms with E-state index in [2.05, 4.69) is 10.6 Å². The number of rotatable bonds is 6. The average Bonchev–Trinajstić information content (AvgIpc) is 2.99. The van der Waals surface area contributed by atoms with E-state index < -0.39 is 6.04 Å². The van der Waals surface area contributed by atoms with Gasteiger partial charge in [0.2, 0.25) is 5.91 Å². The monoisotopic (exact) mass is 378 g/mol. The second-order valence-corrected chi connectivity index (χ2v) is 8.13. The van der Waals surface area contributed by atoms with Gasteiger partial charge in [0.1, 0.15) is 6.04 Å². The van der Waals surface area contributed by atoms with Crippen LogP contribution in [0, 0.1) is 12.8 Å². The highest BCUT2D eigenvalue weighted by Crippen LogP contribution is 2.26. The molecular weight excluding hydrogens is 356 g/mol. The lowest BCUT2D eigenvalue weighted by molar-refractivity contribution is -0.124. The molecule has 1 heterocycles. The van der Waals surface area contributed by atoms with Crippen LogP contribution in [0.1, 0.15) is 47.6 Å². The maximum atomic E-state index is 12.7. The Morgan fingerprint density at radius 2 is 1.72 bits per heavy atom. The van der Waals surface area contributed by atoms with Gasteiger partial charge in [0, 0.05) is 10.4 Å². The minimum atomic E-state index is -0.606. The summed E-state index contributed by atoms with van der Waals surface area (Å²) >= 11 is 7.39. The van der Waals surface area contributed by atoms with E-state index in [1.165, 1.54) is 11.3 Å². The van der Waals surface area contributed by atoms with Gasteiger partial charge in [-0.3, -0.25) is 9.59 Å². The molecule has 25 heavy (non-hydrogen) atoms. The highest BCUT2D eigenvalue weighted by molar-refractivity contribution is 7.16. The number of hydrogen-bond acceptors (Lipinski definition) is 3. The van der Waals surface area contributed by atoms with Gasteiger partial charge in [-0.05, 0) is 43.5 Å². The van der Waals surface area contributed by atoms with E-state index in [4.69, 9.17) is 11.6 Å². The van der Waals surface area contributed by atoms with Crippen LogP contribution in [0.25, 0.3) is 0 Å². The molecule has 0 aliphatic carbocycles. The third-order valence-corrected chi connectivity index (χ3v) is 5.42. The van der Waals surface area contributed by atoms with E-state index in [0.717, 1.165) is 10.4 Å². The largest absolute Gasteiger partial charge is 0.347 e. The number of hydrogen-bond donors (Lipinski definition) is 2. The fourth-order valence-electron chi connectivity index (χ4n) is 2.52. The third-order valence-electron chi connectivity index (χ3n) is 4.00. The zero-order valence-electron chi connectivity index (χ0n) is 14.8. The molecule has 134 valence electrons. The van der Waals surface area contributed by atoms with Gasteiger partial charge in [-0.2, -0.15) is 0 Å². The van der Waals surface area contributed by atoms with Gasteiger partial charge in [0.05, 0.1) is 10.4 Å². The minimum Gasteiger partial charge on any atom is -0.347 e. The van der Waals surface area contributed by atoms with Crippen LogP contribution in [0.15, 0.2) is 36.4 Å². The molecule has 2 rings (SSSR count). The summed E-state index contributed by atoms with van der Waals surface area (Å²) in [7, 11) is 0. The Bertz CT molecular complexity index is 757. The van der Waals surface area contributed by atoms with Crippen molar-refractivity contribution in [3.05, 3.63) is 56.7 Å². The first-order chi connectivity index (χ1) is 11.8. The van der Waals surface area contributed by atoms with Crippen molar-refractivity contribution in [2.45, 2.75) is 39.8 Å². The van der Waals surface area contributed by atoms with Crippen LogP contribution in [0.3, 0.4) is 0 Å². The lowest BCUT2D eigenvalue weighted by Gasteiger charge is -2.24. The Balaban J connectivity index is 2.08. The molecule has 0 bridgehead atoms. The first kappa shape index (κ1) is 19.5. The van der Waals surface area contributed by atoms with Gasteiger partial charge in [0.15, 0.2) is 0 Å². The summed E-state index contributed by atoms with van der Waals surface area (Å²) in [5.41, 5.74) is 1.46. The number of carbonyl (C=O) groups is 2. The van der Waals surface area contributed by atoms with E-state index in [1.54, 1.807) is 6.07 Å². The Morgan fingerprint density at radius 3 is 2.28 bits per heavy atom. The van der Waals surface area contributed by atoms with Crippen LogP contribution >= 0.6 is 22.9 Å². The molecular formula is C19H23ClN2O2S. The molecule has 0 spiro atoms. The van der Waals surface area contributed by atoms with Crippen molar-refractivity contribution >= 4 is 34.8 Å². The van der Waals surface area contributed by atoms with Gasteiger partial charge in [-0.1, -0.05) is 43.6 Å². The normalized spacial score (nSPS) is 13.4. The van der Waals surface area contributed by atoms with Gasteiger partial charge in [0.25, 0.3) is 5.91 Å². The molecule has 2 N–H and O–H groups in total. The topological polar surface area (TPSA) is 58.2 Å². The first-order valence-corrected chi connectivity index (χ1v) is 9.41. The molecule has 0 aliphatic heterocycles. The van der Waals surface area contributed by atoms with E-state index >= 15 is 0 Å². The number of amides is 2. The second kappa shape index (κ2) is 8.50. The Hall–Kier alpha value is -1.85. The number of benzene rings is 1. The molecule has 2 aromatic rings. The van der Waals surface area contributed by atoms with E-state index in [9.17, 15) is 9.59 Å². The molecule has 0 saturated carbocycles. The molecule has 2 atom stereocenters. The molecule has 2 unspecified atom stereocenters. The lowest BCUT2D eigenvalue weighted by Crippen LogP contribution is -2.50. The maximum Gasteiger partial charge on any atom is 0.252 e. The van der Waals surface area contributed by atoms with Gasteiger partial charge in [-0.15, -0.1) is 11.3 Å². The Labute approximate surface area is 157 Å². The van der Waals surface area contributed by atoms with Crippen LogP contribution in [-0.2, 0) is 4.79 Å². The standard InChI is InChI=1S/C19H23ClN2O2S/c1-11(2)17(22-18(23)14-8-6-5-7-12(14)3)19(24)21-13(4)15-9-10-16(20)25-15/h5-11,13,17H,1-4H3,(H,21,24)(H,22,23). The van der Waals surface area contributed by atoms with Gasteiger partial charge < -0.3 is 10.6 Å². The minimum absolute atomic E-state index is 0.0351. The van der Waals surface area contributed by atoms with Crippen LogP contribution in [0.4, 0.5) is 0 Å². The number of aryl methyl sites for hydroxylation is 1. The SMILES string of the molecule is Cc1ccccc1C(=O)NC(C(=O)NC(C)c1ccc(Cl)s1)C(C)C. The predicted molar refractivity (Wildman–Crippen MR) is 103 cm³/mol. The van der Waals surface area contributed by atoms with Crippen molar-refractivity contribution in [2.24, 2.45) is 5.92 Å². The maximum absolute atomic E-state index is 12.7. The lowest BCUT2D eigenvalue weighted by atomic mass is 10.0. The number of thiophene rings is 1. The summed E-state index contributed by atoms with van der Waals surface area (Å²) in [6.07, 6.45) is 0. The van der Waals surface area contributed by atoms with Crippen LogP contribution < -0.4 is 10.6 Å². The molecule has 4 nitrogen and oxygen atoms in total. The van der Waals surface area contributed by atoms with Crippen molar-refractivity contribution < 1.29 is 9.59 Å². The smallest absolute Gasteiger partial charge is 0.252 e. The summed E-state index contributed by atoms with van der Waals surface area (Å²) < 4.78 is 0.685. The Morgan fingerprint density at radius 1 is 1.04 bits per heavy atom. The average molecular weight is 379 g/mol. The van der Waals surface area contributed by atoms with Crippen LogP contribution in [-0.4, -0.2) is 17.9 Å². The highest BCUT2D eigenvalue weighted by Gasteiger charge is 2.26. The number of nitrogens with one attached hydrogen (secondary N) is 2. The van der Waals surface area contributed by atoms with Crippen molar-refractivity contribution in [3.63, 3.8) is 0 Å². The van der Waals surface area contributed by atoms with Crippen molar-refractivity contribution in [1.82, 2.24) is 10.6 Å². The van der Waals surface area contributed by atoms with Crippen LogP contribution in [0.2, 0.25) is 4.34 Å². The summed E-state index contributed by atoms with van der Waals surface area (Å²) in [6, 6.07) is 10.3. The van der Waals surface area contributed by atoms with Crippen LogP contribution in [0.5, 0.6) is 0 Å². The molecule has 0 aliphatic rings. The summed E-state index contributed by atoms with van der Waals surface area (Å²) in [4.78, 5) is 26.2. The molecule has 0 saturated heterocycles. The highest BCUT2D eigenvalue weighted by atomic mass is 35.5. The number of halogens is 1. The summed E-state index contributed by atoms with van der Waals surface area (Å²) in [6.45, 7) is 7.60. The third kappa shape index (κ3) is 5.06. The Kier molecular flexibility index (Phi) is 6.62. The molecule has 1 aromatic heterocycles.